The Hall–Kier alpha value is -1.06. The smallest absolute Gasteiger partial charge is 0.240 e. The number of amides is 2. The Balaban J connectivity index is 4.23. The maximum absolute atomic E-state index is 11.3. The van der Waals surface area contributed by atoms with Gasteiger partial charge in [-0.3, -0.25) is 9.59 Å². The molecule has 82 valence electrons. The maximum atomic E-state index is 11.3. The Morgan fingerprint density at radius 3 is 2.29 bits per heavy atom. The number of carbonyl (C=O) groups is 2. The number of rotatable bonds is 6. The molecule has 3 N–H and O–H groups in total. The Bertz CT molecular complexity index is 204. The predicted molar refractivity (Wildman–Crippen MR) is 55.5 cm³/mol. The molecule has 0 spiro atoms. The molecule has 0 heterocycles. The van der Waals surface area contributed by atoms with Crippen LogP contribution in [0.1, 0.15) is 40.0 Å². The third-order valence-corrected chi connectivity index (χ3v) is 2.31. The van der Waals surface area contributed by atoms with Crippen molar-refractivity contribution < 1.29 is 9.59 Å². The summed E-state index contributed by atoms with van der Waals surface area (Å²) in [5, 5.41) is 2.65. The Morgan fingerprint density at radius 1 is 1.36 bits per heavy atom. The lowest BCUT2D eigenvalue weighted by molar-refractivity contribution is -0.128. The normalized spacial score (nSPS) is 14.5. The lowest BCUT2D eigenvalue weighted by Gasteiger charge is -2.20. The third kappa shape index (κ3) is 4.25. The fourth-order valence-electron chi connectivity index (χ4n) is 1.20. The Kier molecular flexibility index (Phi) is 5.92. The van der Waals surface area contributed by atoms with Gasteiger partial charge in [-0.25, -0.2) is 0 Å². The molecular weight excluding hydrogens is 180 g/mol. The van der Waals surface area contributed by atoms with E-state index in [1.165, 1.54) is 0 Å². The van der Waals surface area contributed by atoms with Gasteiger partial charge < -0.3 is 11.1 Å². The molecule has 0 radical (unpaired) electrons. The van der Waals surface area contributed by atoms with Crippen LogP contribution in [0.4, 0.5) is 0 Å². The second-order valence-electron chi connectivity index (χ2n) is 3.58. The van der Waals surface area contributed by atoms with Crippen molar-refractivity contribution in [2.45, 2.75) is 46.1 Å². The highest BCUT2D eigenvalue weighted by molar-refractivity contribution is 5.86. The van der Waals surface area contributed by atoms with E-state index in [0.717, 1.165) is 12.8 Å². The summed E-state index contributed by atoms with van der Waals surface area (Å²) < 4.78 is 0. The van der Waals surface area contributed by atoms with Crippen LogP contribution in [0.5, 0.6) is 0 Å². The largest absolute Gasteiger partial charge is 0.368 e. The van der Waals surface area contributed by atoms with Crippen molar-refractivity contribution >= 4 is 11.8 Å². The minimum atomic E-state index is -0.529. The second-order valence-corrected chi connectivity index (χ2v) is 3.58. The quantitative estimate of drug-likeness (QED) is 0.665. The van der Waals surface area contributed by atoms with Gasteiger partial charge in [-0.15, -0.1) is 0 Å². The molecule has 0 fully saturated rings. The highest BCUT2D eigenvalue weighted by atomic mass is 16.2. The summed E-state index contributed by atoms with van der Waals surface area (Å²) in [6.45, 7) is 5.79. The van der Waals surface area contributed by atoms with Crippen LogP contribution in [0, 0.1) is 5.92 Å². The lowest BCUT2D eigenvalue weighted by atomic mass is 9.98. The van der Waals surface area contributed by atoms with E-state index >= 15 is 0 Å². The lowest BCUT2D eigenvalue weighted by Crippen LogP contribution is -2.48. The first-order chi connectivity index (χ1) is 6.52. The van der Waals surface area contributed by atoms with Gasteiger partial charge in [0.05, 0.1) is 0 Å². The molecule has 0 aromatic heterocycles. The SMILES string of the molecule is CCCC(=O)N[C@H](C(N)=O)[C@@H](C)CC. The molecule has 0 unspecified atom stereocenters. The molecule has 0 aliphatic carbocycles. The van der Waals surface area contributed by atoms with Crippen LogP contribution in [0.15, 0.2) is 0 Å². The average Bonchev–Trinajstić information content (AvgIpc) is 2.13. The van der Waals surface area contributed by atoms with Crippen LogP contribution in [0.2, 0.25) is 0 Å². The van der Waals surface area contributed by atoms with Crippen LogP contribution >= 0.6 is 0 Å². The Morgan fingerprint density at radius 2 is 1.93 bits per heavy atom. The molecule has 0 aliphatic rings. The van der Waals surface area contributed by atoms with Gasteiger partial charge in [-0.1, -0.05) is 27.2 Å². The molecule has 0 saturated carbocycles. The number of nitrogens with one attached hydrogen (secondary N) is 1. The number of hydrogen-bond acceptors (Lipinski definition) is 2. The van der Waals surface area contributed by atoms with E-state index in [4.69, 9.17) is 5.73 Å². The summed E-state index contributed by atoms with van der Waals surface area (Å²) in [4.78, 5) is 22.3. The fourth-order valence-corrected chi connectivity index (χ4v) is 1.20. The molecule has 2 atom stereocenters. The molecule has 2 amide bonds. The molecule has 0 rings (SSSR count). The molecule has 14 heavy (non-hydrogen) atoms. The van der Waals surface area contributed by atoms with Gasteiger partial charge in [-0.2, -0.15) is 0 Å². The molecule has 0 bridgehead atoms. The van der Waals surface area contributed by atoms with Crippen molar-refractivity contribution in [2.75, 3.05) is 0 Å². The summed E-state index contributed by atoms with van der Waals surface area (Å²) >= 11 is 0. The molecule has 0 aromatic rings. The monoisotopic (exact) mass is 200 g/mol. The molecule has 0 aromatic carbocycles. The van der Waals surface area contributed by atoms with Crippen molar-refractivity contribution in [1.29, 1.82) is 0 Å². The van der Waals surface area contributed by atoms with Crippen LogP contribution < -0.4 is 11.1 Å². The van der Waals surface area contributed by atoms with Gasteiger partial charge in [0.1, 0.15) is 6.04 Å². The summed E-state index contributed by atoms with van der Waals surface area (Å²) in [5.74, 6) is -0.464. The van der Waals surface area contributed by atoms with Gasteiger partial charge >= 0.3 is 0 Å². The zero-order valence-corrected chi connectivity index (χ0v) is 9.17. The first kappa shape index (κ1) is 12.9. The van der Waals surface area contributed by atoms with Crippen LogP contribution in [-0.2, 0) is 9.59 Å². The third-order valence-electron chi connectivity index (χ3n) is 2.31. The van der Waals surface area contributed by atoms with Gasteiger partial charge in [0.25, 0.3) is 0 Å². The highest BCUT2D eigenvalue weighted by Gasteiger charge is 2.22. The van der Waals surface area contributed by atoms with E-state index in [0.29, 0.717) is 6.42 Å². The average molecular weight is 200 g/mol. The predicted octanol–water partition coefficient (Wildman–Crippen LogP) is 0.803. The maximum Gasteiger partial charge on any atom is 0.240 e. The number of nitrogens with two attached hydrogens (primary N) is 1. The van der Waals surface area contributed by atoms with Crippen molar-refractivity contribution in [2.24, 2.45) is 11.7 Å². The zero-order valence-electron chi connectivity index (χ0n) is 9.17. The first-order valence-corrected chi connectivity index (χ1v) is 5.11. The first-order valence-electron chi connectivity index (χ1n) is 5.11. The van der Waals surface area contributed by atoms with E-state index in [1.54, 1.807) is 0 Å². The van der Waals surface area contributed by atoms with E-state index in [1.807, 2.05) is 20.8 Å². The van der Waals surface area contributed by atoms with Crippen molar-refractivity contribution in [3.63, 3.8) is 0 Å². The number of primary amides is 1. The number of carbonyl (C=O) groups excluding carboxylic acids is 2. The van der Waals surface area contributed by atoms with E-state index in [2.05, 4.69) is 5.32 Å². The van der Waals surface area contributed by atoms with Crippen molar-refractivity contribution in [1.82, 2.24) is 5.32 Å². The van der Waals surface area contributed by atoms with Crippen molar-refractivity contribution in [3.05, 3.63) is 0 Å². The zero-order chi connectivity index (χ0) is 11.1. The van der Waals surface area contributed by atoms with Gasteiger partial charge in [0.2, 0.25) is 11.8 Å². The van der Waals surface area contributed by atoms with Gasteiger partial charge in [0.15, 0.2) is 0 Å². The molecule has 4 heteroatoms. The minimum absolute atomic E-state index is 0.0910. The molecule has 0 aliphatic heterocycles. The van der Waals surface area contributed by atoms with Gasteiger partial charge in [-0.05, 0) is 12.3 Å². The summed E-state index contributed by atoms with van der Waals surface area (Å²) in [6, 6.07) is -0.529. The fraction of sp³-hybridized carbons (Fsp3) is 0.800. The van der Waals surface area contributed by atoms with Crippen LogP contribution in [0.25, 0.3) is 0 Å². The van der Waals surface area contributed by atoms with Crippen LogP contribution in [0.3, 0.4) is 0 Å². The highest BCUT2D eigenvalue weighted by Crippen LogP contribution is 2.07. The summed E-state index contributed by atoms with van der Waals surface area (Å²) in [6.07, 6.45) is 2.04. The topological polar surface area (TPSA) is 72.2 Å². The van der Waals surface area contributed by atoms with Gasteiger partial charge in [0, 0.05) is 6.42 Å². The molecule has 0 saturated heterocycles. The Labute approximate surface area is 85.2 Å². The summed E-state index contributed by atoms with van der Waals surface area (Å²) in [7, 11) is 0. The standard InChI is InChI=1S/C10H20N2O2/c1-4-6-8(13)12-9(10(11)14)7(3)5-2/h7,9H,4-6H2,1-3H3,(H2,11,14)(H,12,13)/t7-,9-/m0/s1. The number of hydrogen-bond donors (Lipinski definition) is 2. The van der Waals surface area contributed by atoms with E-state index in [-0.39, 0.29) is 11.8 Å². The summed E-state index contributed by atoms with van der Waals surface area (Å²) in [5.41, 5.74) is 5.20. The minimum Gasteiger partial charge on any atom is -0.368 e. The second kappa shape index (κ2) is 6.40. The molecular formula is C10H20N2O2. The van der Waals surface area contributed by atoms with Crippen molar-refractivity contribution in [3.8, 4) is 0 Å². The van der Waals surface area contributed by atoms with Crippen LogP contribution in [-0.4, -0.2) is 17.9 Å². The van der Waals surface area contributed by atoms with E-state index in [9.17, 15) is 9.59 Å². The molecule has 4 nitrogen and oxygen atoms in total. The van der Waals surface area contributed by atoms with E-state index < -0.39 is 11.9 Å².